The van der Waals surface area contributed by atoms with Gasteiger partial charge in [0, 0.05) is 6.04 Å². The van der Waals surface area contributed by atoms with E-state index in [1.54, 1.807) is 37.0 Å². The highest BCUT2D eigenvalue weighted by molar-refractivity contribution is 5.51. The van der Waals surface area contributed by atoms with E-state index in [1.165, 1.54) is 0 Å². The van der Waals surface area contributed by atoms with Crippen molar-refractivity contribution in [2.75, 3.05) is 6.54 Å². The van der Waals surface area contributed by atoms with Crippen LogP contribution >= 0.6 is 0 Å². The Morgan fingerprint density at radius 2 is 2.29 bits per heavy atom. The molecular weight excluding hydrogens is 310 g/mol. The Hall–Kier alpha value is -2.38. The molecule has 1 N–H and O–H groups in total. The van der Waals surface area contributed by atoms with Crippen molar-refractivity contribution in [1.29, 1.82) is 0 Å². The molecule has 0 aromatic carbocycles. The van der Waals surface area contributed by atoms with Gasteiger partial charge >= 0.3 is 0 Å². The SMILES string of the molecule is OC(CC1CCCN1Cc1nc(-c2ccoc2)no1)c1ccco1. The van der Waals surface area contributed by atoms with Crippen molar-refractivity contribution in [3.8, 4) is 11.4 Å². The van der Waals surface area contributed by atoms with E-state index in [-0.39, 0.29) is 6.04 Å². The Balaban J connectivity index is 1.40. The number of aliphatic hydroxyl groups is 1. The third kappa shape index (κ3) is 3.13. The molecule has 0 bridgehead atoms. The zero-order valence-electron chi connectivity index (χ0n) is 13.2. The summed E-state index contributed by atoms with van der Waals surface area (Å²) < 4.78 is 15.7. The van der Waals surface area contributed by atoms with E-state index in [4.69, 9.17) is 13.4 Å². The number of nitrogens with zero attached hydrogens (tertiary/aromatic N) is 3. The van der Waals surface area contributed by atoms with Gasteiger partial charge in [-0.05, 0) is 44.0 Å². The molecule has 2 unspecified atom stereocenters. The van der Waals surface area contributed by atoms with Gasteiger partial charge in [-0.1, -0.05) is 5.16 Å². The van der Waals surface area contributed by atoms with Crippen molar-refractivity contribution in [2.45, 2.75) is 38.0 Å². The smallest absolute Gasteiger partial charge is 0.241 e. The van der Waals surface area contributed by atoms with Crippen LogP contribution in [0.15, 0.2) is 50.3 Å². The van der Waals surface area contributed by atoms with E-state index < -0.39 is 6.10 Å². The molecule has 0 aliphatic carbocycles. The monoisotopic (exact) mass is 329 g/mol. The zero-order valence-corrected chi connectivity index (χ0v) is 13.2. The fraction of sp³-hybridized carbons (Fsp3) is 0.412. The molecule has 0 saturated carbocycles. The van der Waals surface area contributed by atoms with Crippen molar-refractivity contribution in [1.82, 2.24) is 15.0 Å². The summed E-state index contributed by atoms with van der Waals surface area (Å²) >= 11 is 0. The number of rotatable bonds is 6. The highest BCUT2D eigenvalue weighted by atomic mass is 16.5. The molecular formula is C17H19N3O4. The van der Waals surface area contributed by atoms with Crippen LogP contribution in [0.5, 0.6) is 0 Å². The summed E-state index contributed by atoms with van der Waals surface area (Å²) in [5.41, 5.74) is 0.802. The Morgan fingerprint density at radius 3 is 3.08 bits per heavy atom. The highest BCUT2D eigenvalue weighted by Crippen LogP contribution is 2.29. The molecule has 0 radical (unpaired) electrons. The summed E-state index contributed by atoms with van der Waals surface area (Å²) in [5, 5.41) is 14.3. The molecule has 1 fully saturated rings. The van der Waals surface area contributed by atoms with Crippen molar-refractivity contribution in [3.63, 3.8) is 0 Å². The topological polar surface area (TPSA) is 88.7 Å². The average Bonchev–Trinajstić information content (AvgIpc) is 3.37. The second-order valence-electron chi connectivity index (χ2n) is 6.06. The maximum atomic E-state index is 10.3. The van der Waals surface area contributed by atoms with Crippen LogP contribution < -0.4 is 0 Å². The van der Waals surface area contributed by atoms with E-state index in [2.05, 4.69) is 15.0 Å². The molecule has 2 atom stereocenters. The van der Waals surface area contributed by atoms with Gasteiger partial charge in [-0.3, -0.25) is 4.90 Å². The van der Waals surface area contributed by atoms with Crippen LogP contribution in [0.3, 0.4) is 0 Å². The van der Waals surface area contributed by atoms with Gasteiger partial charge in [-0.25, -0.2) is 0 Å². The molecule has 1 saturated heterocycles. The number of hydrogen-bond acceptors (Lipinski definition) is 7. The van der Waals surface area contributed by atoms with E-state index in [1.807, 2.05) is 0 Å². The van der Waals surface area contributed by atoms with Gasteiger partial charge in [0.25, 0.3) is 0 Å². The van der Waals surface area contributed by atoms with Gasteiger partial charge in [0.1, 0.15) is 18.1 Å². The van der Waals surface area contributed by atoms with E-state index in [0.29, 0.717) is 30.4 Å². The molecule has 24 heavy (non-hydrogen) atoms. The molecule has 1 aliphatic heterocycles. The van der Waals surface area contributed by atoms with Crippen LogP contribution in [0, 0.1) is 0 Å². The van der Waals surface area contributed by atoms with Gasteiger partial charge in [0.15, 0.2) is 0 Å². The van der Waals surface area contributed by atoms with Gasteiger partial charge in [-0.2, -0.15) is 4.98 Å². The number of aromatic nitrogens is 2. The molecule has 0 amide bonds. The lowest BCUT2D eigenvalue weighted by molar-refractivity contribution is 0.0955. The summed E-state index contributed by atoms with van der Waals surface area (Å²) in [7, 11) is 0. The molecule has 7 nitrogen and oxygen atoms in total. The molecule has 3 aromatic heterocycles. The number of aliphatic hydroxyl groups excluding tert-OH is 1. The molecule has 4 rings (SSSR count). The minimum atomic E-state index is -0.588. The van der Waals surface area contributed by atoms with E-state index >= 15 is 0 Å². The average molecular weight is 329 g/mol. The van der Waals surface area contributed by atoms with Gasteiger partial charge < -0.3 is 18.5 Å². The third-order valence-electron chi connectivity index (χ3n) is 4.45. The fourth-order valence-electron chi connectivity index (χ4n) is 3.23. The normalized spacial score (nSPS) is 19.8. The fourth-order valence-corrected chi connectivity index (χ4v) is 3.23. The first-order valence-corrected chi connectivity index (χ1v) is 8.10. The Morgan fingerprint density at radius 1 is 1.33 bits per heavy atom. The van der Waals surface area contributed by atoms with E-state index in [9.17, 15) is 5.11 Å². The molecule has 1 aliphatic rings. The summed E-state index contributed by atoms with van der Waals surface area (Å²) in [6, 6.07) is 5.67. The first-order chi connectivity index (χ1) is 11.8. The van der Waals surface area contributed by atoms with Crippen molar-refractivity contribution < 1.29 is 18.5 Å². The number of hydrogen-bond donors (Lipinski definition) is 1. The van der Waals surface area contributed by atoms with Gasteiger partial charge in [0.2, 0.25) is 11.7 Å². The predicted molar refractivity (Wildman–Crippen MR) is 83.7 cm³/mol. The second-order valence-corrected chi connectivity index (χ2v) is 6.06. The lowest BCUT2D eigenvalue weighted by atomic mass is 10.1. The van der Waals surface area contributed by atoms with Gasteiger partial charge in [0.05, 0.1) is 24.6 Å². The quantitative estimate of drug-likeness (QED) is 0.743. The van der Waals surface area contributed by atoms with Crippen LogP contribution in [-0.2, 0) is 6.54 Å². The van der Waals surface area contributed by atoms with E-state index in [0.717, 1.165) is 24.9 Å². The zero-order chi connectivity index (χ0) is 16.4. The molecule has 126 valence electrons. The predicted octanol–water partition coefficient (Wildman–Crippen LogP) is 3.01. The summed E-state index contributed by atoms with van der Waals surface area (Å²) in [4.78, 5) is 6.70. The minimum absolute atomic E-state index is 0.273. The first-order valence-electron chi connectivity index (χ1n) is 8.10. The summed E-state index contributed by atoms with van der Waals surface area (Å²) in [6.07, 6.45) is 6.94. The summed E-state index contributed by atoms with van der Waals surface area (Å²) in [5.74, 6) is 1.72. The Kier molecular flexibility index (Phi) is 4.18. The number of likely N-dealkylation sites (tertiary alicyclic amines) is 1. The van der Waals surface area contributed by atoms with Crippen LogP contribution in [0.2, 0.25) is 0 Å². The molecule has 7 heteroatoms. The molecule has 0 spiro atoms. The van der Waals surface area contributed by atoms with Crippen molar-refractivity contribution >= 4 is 0 Å². The van der Waals surface area contributed by atoms with Crippen LogP contribution in [0.1, 0.15) is 37.0 Å². The first kappa shape index (κ1) is 15.2. The standard InChI is InChI=1S/C17H19N3O4/c21-14(15-4-2-7-23-15)9-13-3-1-6-20(13)10-16-18-17(19-24-16)12-5-8-22-11-12/h2,4-5,7-8,11,13-14,21H,1,3,6,9-10H2. The van der Waals surface area contributed by atoms with Crippen LogP contribution in [-0.4, -0.2) is 32.7 Å². The second kappa shape index (κ2) is 6.62. The third-order valence-corrected chi connectivity index (χ3v) is 4.45. The summed E-state index contributed by atoms with van der Waals surface area (Å²) in [6.45, 7) is 1.54. The van der Waals surface area contributed by atoms with Crippen LogP contribution in [0.4, 0.5) is 0 Å². The Labute approximate surface area is 138 Å². The van der Waals surface area contributed by atoms with Crippen LogP contribution in [0.25, 0.3) is 11.4 Å². The lowest BCUT2D eigenvalue weighted by Gasteiger charge is -2.24. The largest absolute Gasteiger partial charge is 0.472 e. The minimum Gasteiger partial charge on any atom is -0.472 e. The Bertz CT molecular complexity index is 751. The van der Waals surface area contributed by atoms with Crippen molar-refractivity contribution in [3.05, 3.63) is 48.6 Å². The molecule has 3 aromatic rings. The number of furan rings is 2. The maximum Gasteiger partial charge on any atom is 0.241 e. The van der Waals surface area contributed by atoms with Crippen molar-refractivity contribution in [2.24, 2.45) is 0 Å². The molecule has 4 heterocycles. The highest BCUT2D eigenvalue weighted by Gasteiger charge is 2.29. The lowest BCUT2D eigenvalue weighted by Crippen LogP contribution is -2.30. The van der Waals surface area contributed by atoms with Gasteiger partial charge in [-0.15, -0.1) is 0 Å². The maximum absolute atomic E-state index is 10.3.